The highest BCUT2D eigenvalue weighted by molar-refractivity contribution is 6.31. The Hall–Kier alpha value is -3.13. The Balaban J connectivity index is 1.76. The molecule has 9 heteroatoms. The number of carbonyl (C=O) groups excluding carboxylic acids is 2. The van der Waals surface area contributed by atoms with Gasteiger partial charge in [-0.3, -0.25) is 19.7 Å². The number of ether oxygens (including phenoxy) is 2. The van der Waals surface area contributed by atoms with E-state index in [0.29, 0.717) is 5.75 Å². The number of aryl methyl sites for hydroxylation is 1. The smallest absolute Gasteiger partial charge is 0.309 e. The van der Waals surface area contributed by atoms with Gasteiger partial charge in [0.15, 0.2) is 6.61 Å². The van der Waals surface area contributed by atoms with Gasteiger partial charge >= 0.3 is 5.97 Å². The Morgan fingerprint density at radius 2 is 1.89 bits per heavy atom. The minimum atomic E-state index is -0.701. The van der Waals surface area contributed by atoms with E-state index in [0.717, 1.165) is 11.6 Å². The minimum Gasteiger partial charge on any atom is -0.493 e. The standard InChI is InChI=1S/C18H17ClN2O6/c1-12-2-5-14(6-3-12)26-9-8-18(23)27-11-17(22)20-15-7-4-13(19)10-16(15)21(24)25/h2-7,10H,8-9,11H2,1H3,(H,20,22). The Morgan fingerprint density at radius 1 is 1.19 bits per heavy atom. The van der Waals surface area contributed by atoms with Crippen LogP contribution in [-0.2, 0) is 14.3 Å². The first-order valence-electron chi connectivity index (χ1n) is 7.94. The average Bonchev–Trinajstić information content (AvgIpc) is 2.63. The summed E-state index contributed by atoms with van der Waals surface area (Å²) in [5.41, 5.74) is 0.704. The minimum absolute atomic E-state index is 0.0341. The van der Waals surface area contributed by atoms with E-state index in [4.69, 9.17) is 21.1 Å². The number of amides is 1. The first-order chi connectivity index (χ1) is 12.8. The lowest BCUT2D eigenvalue weighted by Gasteiger charge is -2.08. The number of rotatable bonds is 8. The van der Waals surface area contributed by atoms with Gasteiger partial charge in [0.1, 0.15) is 11.4 Å². The third-order valence-electron chi connectivity index (χ3n) is 3.39. The Kier molecular flexibility index (Phi) is 7.13. The average molecular weight is 393 g/mol. The summed E-state index contributed by atoms with van der Waals surface area (Å²) in [6, 6.07) is 11.2. The Bertz CT molecular complexity index is 838. The molecule has 0 aliphatic heterocycles. The molecule has 0 atom stereocenters. The van der Waals surface area contributed by atoms with Crippen molar-refractivity contribution in [3.63, 3.8) is 0 Å². The predicted molar refractivity (Wildman–Crippen MR) is 99.0 cm³/mol. The molecule has 0 fully saturated rings. The van der Waals surface area contributed by atoms with Crippen LogP contribution < -0.4 is 10.1 Å². The molecule has 0 spiro atoms. The van der Waals surface area contributed by atoms with E-state index in [-0.39, 0.29) is 29.4 Å². The fourth-order valence-electron chi connectivity index (χ4n) is 2.05. The molecule has 0 aliphatic rings. The lowest BCUT2D eigenvalue weighted by Crippen LogP contribution is -2.22. The second kappa shape index (κ2) is 9.54. The summed E-state index contributed by atoms with van der Waals surface area (Å²) in [6.45, 7) is 1.49. The maximum atomic E-state index is 11.8. The third kappa shape index (κ3) is 6.59. The number of carbonyl (C=O) groups is 2. The molecule has 0 unspecified atom stereocenters. The van der Waals surface area contributed by atoms with Crippen molar-refractivity contribution in [3.8, 4) is 5.75 Å². The molecule has 0 aromatic heterocycles. The highest BCUT2D eigenvalue weighted by atomic mass is 35.5. The monoisotopic (exact) mass is 392 g/mol. The lowest BCUT2D eigenvalue weighted by atomic mass is 10.2. The van der Waals surface area contributed by atoms with Gasteiger partial charge in [0.25, 0.3) is 11.6 Å². The molecule has 27 heavy (non-hydrogen) atoms. The van der Waals surface area contributed by atoms with Crippen molar-refractivity contribution in [2.24, 2.45) is 0 Å². The van der Waals surface area contributed by atoms with Crippen molar-refractivity contribution in [2.45, 2.75) is 13.3 Å². The number of halogens is 1. The number of benzene rings is 2. The van der Waals surface area contributed by atoms with Crippen LogP contribution in [0.5, 0.6) is 5.75 Å². The van der Waals surface area contributed by atoms with Crippen LogP contribution in [0.15, 0.2) is 42.5 Å². The van der Waals surface area contributed by atoms with Crippen molar-refractivity contribution in [3.05, 3.63) is 63.2 Å². The predicted octanol–water partition coefficient (Wildman–Crippen LogP) is 3.51. The van der Waals surface area contributed by atoms with E-state index in [9.17, 15) is 19.7 Å². The third-order valence-corrected chi connectivity index (χ3v) is 3.63. The second-order valence-corrected chi connectivity index (χ2v) is 5.98. The van der Waals surface area contributed by atoms with Gasteiger partial charge < -0.3 is 14.8 Å². The fourth-order valence-corrected chi connectivity index (χ4v) is 2.22. The van der Waals surface area contributed by atoms with Crippen molar-refractivity contribution >= 4 is 34.9 Å². The molecule has 0 saturated heterocycles. The first-order valence-corrected chi connectivity index (χ1v) is 8.32. The molecule has 142 valence electrons. The van der Waals surface area contributed by atoms with E-state index >= 15 is 0 Å². The van der Waals surface area contributed by atoms with E-state index in [2.05, 4.69) is 5.32 Å². The molecule has 1 N–H and O–H groups in total. The van der Waals surface area contributed by atoms with Crippen LogP contribution in [0, 0.1) is 17.0 Å². The van der Waals surface area contributed by atoms with Crippen LogP contribution in [0.4, 0.5) is 11.4 Å². The largest absolute Gasteiger partial charge is 0.493 e. The number of anilines is 1. The molecule has 1 amide bonds. The topological polar surface area (TPSA) is 108 Å². The molecular formula is C18H17ClN2O6. The van der Waals surface area contributed by atoms with E-state index in [1.807, 2.05) is 19.1 Å². The fraction of sp³-hybridized carbons (Fsp3) is 0.222. The van der Waals surface area contributed by atoms with Gasteiger partial charge in [-0.25, -0.2) is 0 Å². The number of nitrogens with one attached hydrogen (secondary N) is 1. The Morgan fingerprint density at radius 3 is 2.56 bits per heavy atom. The number of nitro groups is 1. The summed E-state index contributed by atoms with van der Waals surface area (Å²) in [7, 11) is 0. The van der Waals surface area contributed by atoms with Crippen LogP contribution >= 0.6 is 11.6 Å². The van der Waals surface area contributed by atoms with E-state index < -0.39 is 23.4 Å². The van der Waals surface area contributed by atoms with Crippen molar-refractivity contribution in [1.29, 1.82) is 0 Å². The van der Waals surface area contributed by atoms with Gasteiger partial charge in [0.05, 0.1) is 18.0 Å². The van der Waals surface area contributed by atoms with Crippen molar-refractivity contribution in [2.75, 3.05) is 18.5 Å². The molecule has 0 saturated carbocycles. The lowest BCUT2D eigenvalue weighted by molar-refractivity contribution is -0.383. The first kappa shape index (κ1) is 20.2. The molecule has 0 radical (unpaired) electrons. The maximum absolute atomic E-state index is 11.8. The number of hydrogen-bond acceptors (Lipinski definition) is 6. The molecule has 0 bridgehead atoms. The van der Waals surface area contributed by atoms with Crippen LogP contribution in [-0.4, -0.2) is 30.0 Å². The van der Waals surface area contributed by atoms with Crippen LogP contribution in [0.3, 0.4) is 0 Å². The molecule has 2 aromatic rings. The summed E-state index contributed by atoms with van der Waals surface area (Å²) in [5.74, 6) is -0.697. The Labute approximate surface area is 160 Å². The number of hydrogen-bond donors (Lipinski definition) is 1. The normalized spacial score (nSPS) is 10.1. The van der Waals surface area contributed by atoms with E-state index in [1.54, 1.807) is 12.1 Å². The van der Waals surface area contributed by atoms with Gasteiger partial charge in [-0.05, 0) is 31.2 Å². The summed E-state index contributed by atoms with van der Waals surface area (Å²) in [6.07, 6.45) is -0.0394. The van der Waals surface area contributed by atoms with Gasteiger partial charge in [-0.1, -0.05) is 29.3 Å². The maximum Gasteiger partial charge on any atom is 0.309 e. The van der Waals surface area contributed by atoms with Gasteiger partial charge in [0, 0.05) is 11.1 Å². The van der Waals surface area contributed by atoms with Crippen molar-refractivity contribution in [1.82, 2.24) is 0 Å². The van der Waals surface area contributed by atoms with Crippen LogP contribution in [0.25, 0.3) is 0 Å². The highest BCUT2D eigenvalue weighted by Crippen LogP contribution is 2.27. The number of esters is 1. The molecular weight excluding hydrogens is 376 g/mol. The van der Waals surface area contributed by atoms with Crippen molar-refractivity contribution < 1.29 is 24.0 Å². The van der Waals surface area contributed by atoms with Gasteiger partial charge in [0.2, 0.25) is 0 Å². The number of nitro benzene ring substituents is 1. The highest BCUT2D eigenvalue weighted by Gasteiger charge is 2.17. The summed E-state index contributed by atoms with van der Waals surface area (Å²) in [4.78, 5) is 33.8. The van der Waals surface area contributed by atoms with Crippen LogP contribution in [0.2, 0.25) is 5.02 Å². The summed E-state index contributed by atoms with van der Waals surface area (Å²) < 4.78 is 10.2. The zero-order valence-corrected chi connectivity index (χ0v) is 15.2. The quantitative estimate of drug-likeness (QED) is 0.418. The molecule has 0 aliphatic carbocycles. The summed E-state index contributed by atoms with van der Waals surface area (Å²) in [5, 5.41) is 13.5. The molecule has 8 nitrogen and oxygen atoms in total. The molecule has 0 heterocycles. The number of nitrogens with zero attached hydrogens (tertiary/aromatic N) is 1. The SMILES string of the molecule is Cc1ccc(OCCC(=O)OCC(=O)Nc2ccc(Cl)cc2[N+](=O)[O-])cc1. The zero-order valence-electron chi connectivity index (χ0n) is 14.4. The molecule has 2 aromatic carbocycles. The van der Waals surface area contributed by atoms with Crippen LogP contribution in [0.1, 0.15) is 12.0 Å². The summed E-state index contributed by atoms with van der Waals surface area (Å²) >= 11 is 5.70. The molecule has 2 rings (SSSR count). The van der Waals surface area contributed by atoms with Gasteiger partial charge in [-0.2, -0.15) is 0 Å². The van der Waals surface area contributed by atoms with E-state index in [1.165, 1.54) is 12.1 Å². The van der Waals surface area contributed by atoms with Gasteiger partial charge in [-0.15, -0.1) is 0 Å². The zero-order chi connectivity index (χ0) is 19.8. The second-order valence-electron chi connectivity index (χ2n) is 5.54.